The lowest BCUT2D eigenvalue weighted by molar-refractivity contribution is 0.230. The molecule has 0 fully saturated rings. The van der Waals surface area contributed by atoms with Crippen molar-refractivity contribution in [2.75, 3.05) is 13.1 Å². The Labute approximate surface area is 138 Å². The first-order chi connectivity index (χ1) is 11.1. The van der Waals surface area contributed by atoms with E-state index in [0.717, 1.165) is 18.7 Å². The molecule has 23 heavy (non-hydrogen) atoms. The SMILES string of the molecule is Cc1cccc(OC(C)CN=C(N)NCCc2ccccc2)c1. The van der Waals surface area contributed by atoms with Gasteiger partial charge in [-0.3, -0.25) is 0 Å². The Morgan fingerprint density at radius 2 is 1.96 bits per heavy atom. The van der Waals surface area contributed by atoms with Crippen molar-refractivity contribution in [3.05, 3.63) is 65.7 Å². The van der Waals surface area contributed by atoms with E-state index in [4.69, 9.17) is 10.5 Å². The fraction of sp³-hybridized carbons (Fsp3) is 0.316. The van der Waals surface area contributed by atoms with Gasteiger partial charge in [-0.25, -0.2) is 4.99 Å². The van der Waals surface area contributed by atoms with E-state index in [2.05, 4.69) is 22.4 Å². The van der Waals surface area contributed by atoms with Gasteiger partial charge in [-0.05, 0) is 43.5 Å². The topological polar surface area (TPSA) is 59.6 Å². The van der Waals surface area contributed by atoms with E-state index >= 15 is 0 Å². The van der Waals surface area contributed by atoms with E-state index in [9.17, 15) is 0 Å². The monoisotopic (exact) mass is 311 g/mol. The van der Waals surface area contributed by atoms with Crippen molar-refractivity contribution in [1.29, 1.82) is 0 Å². The first-order valence-electron chi connectivity index (χ1n) is 7.94. The minimum Gasteiger partial charge on any atom is -0.489 e. The smallest absolute Gasteiger partial charge is 0.188 e. The van der Waals surface area contributed by atoms with Gasteiger partial charge in [-0.1, -0.05) is 42.5 Å². The zero-order valence-corrected chi connectivity index (χ0v) is 13.8. The fourth-order valence-corrected chi connectivity index (χ4v) is 2.22. The van der Waals surface area contributed by atoms with Crippen LogP contribution >= 0.6 is 0 Å². The van der Waals surface area contributed by atoms with Gasteiger partial charge in [-0.2, -0.15) is 0 Å². The molecule has 0 saturated heterocycles. The molecule has 0 spiro atoms. The Morgan fingerprint density at radius 1 is 1.17 bits per heavy atom. The highest BCUT2D eigenvalue weighted by atomic mass is 16.5. The summed E-state index contributed by atoms with van der Waals surface area (Å²) in [5, 5.41) is 3.13. The lowest BCUT2D eigenvalue weighted by atomic mass is 10.1. The molecule has 0 aromatic heterocycles. The summed E-state index contributed by atoms with van der Waals surface area (Å²) in [5.74, 6) is 1.32. The molecule has 2 aromatic rings. The van der Waals surface area contributed by atoms with Gasteiger partial charge in [-0.15, -0.1) is 0 Å². The van der Waals surface area contributed by atoms with Crippen LogP contribution in [0, 0.1) is 6.92 Å². The van der Waals surface area contributed by atoms with Crippen LogP contribution in [0.15, 0.2) is 59.6 Å². The van der Waals surface area contributed by atoms with Crippen LogP contribution < -0.4 is 15.8 Å². The number of nitrogens with one attached hydrogen (secondary N) is 1. The molecule has 0 radical (unpaired) electrons. The quantitative estimate of drug-likeness (QED) is 0.610. The number of nitrogens with zero attached hydrogens (tertiary/aromatic N) is 1. The van der Waals surface area contributed by atoms with Crippen LogP contribution in [0.3, 0.4) is 0 Å². The number of ether oxygens (including phenoxy) is 1. The van der Waals surface area contributed by atoms with Crippen LogP contribution in [0.1, 0.15) is 18.1 Å². The number of nitrogens with two attached hydrogens (primary N) is 1. The third-order valence-corrected chi connectivity index (χ3v) is 3.41. The molecule has 4 nitrogen and oxygen atoms in total. The molecule has 2 aromatic carbocycles. The normalized spacial score (nSPS) is 12.7. The molecule has 0 aliphatic heterocycles. The summed E-state index contributed by atoms with van der Waals surface area (Å²) in [6, 6.07) is 18.3. The van der Waals surface area contributed by atoms with E-state index in [1.165, 1.54) is 11.1 Å². The molecule has 0 heterocycles. The maximum absolute atomic E-state index is 5.89. The number of hydrogen-bond acceptors (Lipinski definition) is 2. The predicted molar refractivity (Wildman–Crippen MR) is 95.9 cm³/mol. The largest absolute Gasteiger partial charge is 0.489 e. The van der Waals surface area contributed by atoms with Crippen LogP contribution in [0.2, 0.25) is 0 Å². The minimum absolute atomic E-state index is 0.0220. The Kier molecular flexibility index (Phi) is 6.48. The van der Waals surface area contributed by atoms with Crippen molar-refractivity contribution in [2.45, 2.75) is 26.4 Å². The summed E-state index contributed by atoms with van der Waals surface area (Å²) in [6.07, 6.45) is 0.901. The van der Waals surface area contributed by atoms with Crippen molar-refractivity contribution < 1.29 is 4.74 Å². The Hall–Kier alpha value is -2.49. The summed E-state index contributed by atoms with van der Waals surface area (Å²) in [4.78, 5) is 4.33. The minimum atomic E-state index is -0.0220. The average Bonchev–Trinajstić information content (AvgIpc) is 2.54. The number of benzene rings is 2. The summed E-state index contributed by atoms with van der Waals surface area (Å²) >= 11 is 0. The van der Waals surface area contributed by atoms with Crippen molar-refractivity contribution in [3.63, 3.8) is 0 Å². The molecule has 3 N–H and O–H groups in total. The standard InChI is InChI=1S/C19H25N3O/c1-15-7-6-10-18(13-15)23-16(2)14-22-19(20)21-12-11-17-8-4-3-5-9-17/h3-10,13,16H,11-12,14H2,1-2H3,(H3,20,21,22). The van der Waals surface area contributed by atoms with Crippen molar-refractivity contribution in [2.24, 2.45) is 10.7 Å². The number of hydrogen-bond donors (Lipinski definition) is 2. The van der Waals surface area contributed by atoms with Gasteiger partial charge in [0.1, 0.15) is 11.9 Å². The molecule has 0 saturated carbocycles. The van der Waals surface area contributed by atoms with E-state index in [1.807, 2.05) is 56.3 Å². The lowest BCUT2D eigenvalue weighted by Crippen LogP contribution is -2.34. The number of rotatable bonds is 7. The third-order valence-electron chi connectivity index (χ3n) is 3.41. The Morgan fingerprint density at radius 3 is 2.70 bits per heavy atom. The van der Waals surface area contributed by atoms with E-state index in [1.54, 1.807) is 0 Å². The van der Waals surface area contributed by atoms with Gasteiger partial charge in [0.25, 0.3) is 0 Å². The second kappa shape index (κ2) is 8.83. The zero-order valence-electron chi connectivity index (χ0n) is 13.8. The summed E-state index contributed by atoms with van der Waals surface area (Å²) in [7, 11) is 0. The summed E-state index contributed by atoms with van der Waals surface area (Å²) in [5.41, 5.74) is 8.35. The average molecular weight is 311 g/mol. The second-order valence-electron chi connectivity index (χ2n) is 5.63. The van der Waals surface area contributed by atoms with Gasteiger partial charge in [0, 0.05) is 6.54 Å². The molecule has 0 aliphatic carbocycles. The molecular weight excluding hydrogens is 286 g/mol. The highest BCUT2D eigenvalue weighted by Crippen LogP contribution is 2.14. The first kappa shape index (κ1) is 16.9. The van der Waals surface area contributed by atoms with E-state index in [-0.39, 0.29) is 6.10 Å². The Balaban J connectivity index is 1.71. The van der Waals surface area contributed by atoms with Gasteiger partial charge in [0.2, 0.25) is 0 Å². The molecule has 2 rings (SSSR count). The van der Waals surface area contributed by atoms with Crippen LogP contribution in [0.5, 0.6) is 5.75 Å². The van der Waals surface area contributed by atoms with Gasteiger partial charge < -0.3 is 15.8 Å². The van der Waals surface area contributed by atoms with Crippen LogP contribution in [0.4, 0.5) is 0 Å². The highest BCUT2D eigenvalue weighted by Gasteiger charge is 2.03. The molecule has 0 amide bonds. The molecule has 1 unspecified atom stereocenters. The Bertz CT molecular complexity index is 626. The van der Waals surface area contributed by atoms with Crippen molar-refractivity contribution >= 4 is 5.96 Å². The molecule has 4 heteroatoms. The van der Waals surface area contributed by atoms with Crippen LogP contribution in [0.25, 0.3) is 0 Å². The molecular formula is C19H25N3O. The molecule has 0 aliphatic rings. The third kappa shape index (κ3) is 6.43. The maximum atomic E-state index is 5.89. The van der Waals surface area contributed by atoms with Crippen molar-refractivity contribution in [3.8, 4) is 5.75 Å². The van der Waals surface area contributed by atoms with Gasteiger partial charge in [0.05, 0.1) is 6.54 Å². The van der Waals surface area contributed by atoms with Gasteiger partial charge >= 0.3 is 0 Å². The van der Waals surface area contributed by atoms with Crippen molar-refractivity contribution in [1.82, 2.24) is 5.32 Å². The highest BCUT2D eigenvalue weighted by molar-refractivity contribution is 5.77. The predicted octanol–water partition coefficient (Wildman–Crippen LogP) is 2.91. The van der Waals surface area contributed by atoms with Gasteiger partial charge in [0.15, 0.2) is 5.96 Å². The zero-order chi connectivity index (χ0) is 16.5. The first-order valence-corrected chi connectivity index (χ1v) is 7.94. The molecule has 0 bridgehead atoms. The molecule has 122 valence electrons. The number of guanidine groups is 1. The van der Waals surface area contributed by atoms with E-state index in [0.29, 0.717) is 12.5 Å². The lowest BCUT2D eigenvalue weighted by Gasteiger charge is -2.13. The number of aryl methyl sites for hydroxylation is 1. The summed E-state index contributed by atoms with van der Waals surface area (Å²) in [6.45, 7) is 5.33. The second-order valence-corrected chi connectivity index (χ2v) is 5.63. The van der Waals surface area contributed by atoms with E-state index < -0.39 is 0 Å². The maximum Gasteiger partial charge on any atom is 0.188 e. The number of aliphatic imine (C=N–C) groups is 1. The summed E-state index contributed by atoms with van der Waals surface area (Å²) < 4.78 is 5.83. The molecule has 1 atom stereocenters. The van der Waals surface area contributed by atoms with Crippen LogP contribution in [-0.4, -0.2) is 25.2 Å². The van der Waals surface area contributed by atoms with Crippen LogP contribution in [-0.2, 0) is 6.42 Å². The fourth-order valence-electron chi connectivity index (χ4n) is 2.22.